The molecule has 7 rings (SSSR count). The van der Waals surface area contributed by atoms with Crippen LogP contribution >= 0.6 is 11.6 Å². The highest BCUT2D eigenvalue weighted by atomic mass is 35.5. The average Bonchev–Trinajstić information content (AvgIpc) is 3.24. The number of nitrogens with zero attached hydrogens (tertiary/aromatic N) is 4. The molecule has 0 bridgehead atoms. The van der Waals surface area contributed by atoms with Crippen molar-refractivity contribution in [2.24, 2.45) is 11.1 Å². The van der Waals surface area contributed by atoms with Gasteiger partial charge in [-0.2, -0.15) is 0 Å². The molecule has 14 nitrogen and oxygen atoms in total. The van der Waals surface area contributed by atoms with E-state index < -0.39 is 47.8 Å². The summed E-state index contributed by atoms with van der Waals surface area (Å²) in [5.41, 5.74) is -0.0416. The number of ether oxygens (including phenoxy) is 4. The summed E-state index contributed by atoms with van der Waals surface area (Å²) in [6.07, 6.45) is -1.04. The molecule has 2 aromatic heterocycles. The molecule has 0 amide bonds. The van der Waals surface area contributed by atoms with Crippen molar-refractivity contribution in [3.8, 4) is 11.5 Å². The zero-order valence-electron chi connectivity index (χ0n) is 21.6. The van der Waals surface area contributed by atoms with E-state index in [1.807, 2.05) is 0 Å². The first kappa shape index (κ1) is 26.3. The van der Waals surface area contributed by atoms with Crippen molar-refractivity contribution in [2.75, 3.05) is 20.0 Å². The number of furan rings is 1. The van der Waals surface area contributed by atoms with E-state index in [2.05, 4.69) is 5.16 Å². The zero-order chi connectivity index (χ0) is 28.2. The third-order valence-corrected chi connectivity index (χ3v) is 8.16. The molecule has 2 fully saturated rings. The molecular weight excluding hydrogens is 564 g/mol. The largest absolute Gasteiger partial charge is 0.467 e. The molecule has 0 spiro atoms. The molecule has 1 aliphatic carbocycles. The molecule has 1 saturated carbocycles. The van der Waals surface area contributed by atoms with E-state index in [4.69, 9.17) is 39.8 Å². The van der Waals surface area contributed by atoms with Crippen LogP contribution < -0.4 is 20.9 Å². The number of hydrogen-bond acceptors (Lipinski definition) is 11. The number of aromatic nitrogens is 3. The number of hydrogen-bond donors (Lipinski definition) is 2. The quantitative estimate of drug-likeness (QED) is 0.265. The van der Waals surface area contributed by atoms with Gasteiger partial charge < -0.3 is 38.4 Å². The van der Waals surface area contributed by atoms with Crippen LogP contribution in [-0.2, 0) is 34.0 Å². The first-order valence-electron chi connectivity index (χ1n) is 13.2. The maximum absolute atomic E-state index is 13.6. The first-order chi connectivity index (χ1) is 19.9. The van der Waals surface area contributed by atoms with Crippen LogP contribution in [0, 0.1) is 5.92 Å². The Labute approximate surface area is 236 Å². The number of aliphatic hydroxyl groups is 2. The van der Waals surface area contributed by atoms with Crippen molar-refractivity contribution in [1.82, 2.24) is 13.9 Å². The molecule has 2 N–H and O–H groups in total. The van der Waals surface area contributed by atoms with E-state index in [9.17, 15) is 19.8 Å². The zero-order valence-corrected chi connectivity index (χ0v) is 22.4. The maximum atomic E-state index is 13.6. The van der Waals surface area contributed by atoms with Crippen molar-refractivity contribution >= 4 is 17.3 Å². The van der Waals surface area contributed by atoms with Gasteiger partial charge in [0.05, 0.1) is 31.2 Å². The highest BCUT2D eigenvalue weighted by Crippen LogP contribution is 2.46. The molecule has 218 valence electrons. The Morgan fingerprint density at radius 1 is 1.17 bits per heavy atom. The summed E-state index contributed by atoms with van der Waals surface area (Å²) in [4.78, 5) is 32.4. The molecule has 15 heteroatoms. The lowest BCUT2D eigenvalue weighted by Gasteiger charge is -2.38. The van der Waals surface area contributed by atoms with E-state index in [-0.39, 0.29) is 39.7 Å². The Kier molecular flexibility index (Phi) is 6.66. The summed E-state index contributed by atoms with van der Waals surface area (Å²) < 4.78 is 30.8. The third-order valence-electron chi connectivity index (χ3n) is 7.81. The fourth-order valence-corrected chi connectivity index (χ4v) is 6.02. The Bertz CT molecular complexity index is 1590. The van der Waals surface area contributed by atoms with Crippen LogP contribution in [0.15, 0.2) is 49.7 Å². The van der Waals surface area contributed by atoms with Gasteiger partial charge in [0.15, 0.2) is 11.5 Å². The summed E-state index contributed by atoms with van der Waals surface area (Å²) >= 11 is 6.41. The molecule has 3 aromatic rings. The molecule has 6 atom stereocenters. The number of benzene rings is 1. The number of oxime groups is 1. The number of fused-ring (bicyclic) bond motifs is 5. The molecule has 3 aliphatic heterocycles. The van der Waals surface area contributed by atoms with Crippen molar-refractivity contribution in [3.05, 3.63) is 67.8 Å². The second kappa shape index (κ2) is 10.4. The second-order valence-electron chi connectivity index (χ2n) is 10.4. The predicted molar refractivity (Wildman–Crippen MR) is 139 cm³/mol. The maximum Gasteiger partial charge on any atom is 0.347 e. The van der Waals surface area contributed by atoms with Crippen molar-refractivity contribution in [2.45, 2.75) is 56.6 Å². The molecule has 41 heavy (non-hydrogen) atoms. The Morgan fingerprint density at radius 2 is 2.00 bits per heavy atom. The van der Waals surface area contributed by atoms with Crippen molar-refractivity contribution in [3.63, 3.8) is 0 Å². The van der Waals surface area contributed by atoms with Crippen LogP contribution in [0.2, 0.25) is 5.02 Å². The van der Waals surface area contributed by atoms with E-state index in [1.54, 1.807) is 30.5 Å². The smallest absolute Gasteiger partial charge is 0.347 e. The third kappa shape index (κ3) is 4.65. The molecule has 1 saturated heterocycles. The van der Waals surface area contributed by atoms with E-state index >= 15 is 0 Å². The fraction of sp³-hybridized carbons (Fsp3) is 0.500. The van der Waals surface area contributed by atoms with Gasteiger partial charge in [0.2, 0.25) is 6.79 Å². The topological polar surface area (TPSA) is 164 Å². The van der Waals surface area contributed by atoms with Gasteiger partial charge >= 0.3 is 11.4 Å². The minimum absolute atomic E-state index is 0.0153. The van der Waals surface area contributed by atoms with Crippen molar-refractivity contribution in [1.29, 1.82) is 0 Å². The first-order valence-corrected chi connectivity index (χ1v) is 13.6. The summed E-state index contributed by atoms with van der Waals surface area (Å²) in [6.45, 7) is 0.311. The van der Waals surface area contributed by atoms with Crippen LogP contribution in [0.5, 0.6) is 11.5 Å². The van der Waals surface area contributed by atoms with Gasteiger partial charge in [0, 0.05) is 23.6 Å². The lowest BCUT2D eigenvalue weighted by Crippen LogP contribution is -2.53. The predicted octanol–water partition coefficient (Wildman–Crippen LogP) is 0.488. The van der Waals surface area contributed by atoms with Crippen LogP contribution in [0.4, 0.5) is 0 Å². The Morgan fingerprint density at radius 3 is 2.80 bits per heavy atom. The van der Waals surface area contributed by atoms with Gasteiger partial charge in [-0.15, -0.1) is 0 Å². The molecule has 4 aliphatic rings. The molecular formula is C26H27ClN4O10. The van der Waals surface area contributed by atoms with Gasteiger partial charge in [0.1, 0.15) is 43.4 Å². The average molecular weight is 591 g/mol. The monoisotopic (exact) mass is 590 g/mol. The fourth-order valence-electron chi connectivity index (χ4n) is 5.81. The van der Waals surface area contributed by atoms with Gasteiger partial charge in [-0.3, -0.25) is 0 Å². The van der Waals surface area contributed by atoms with Gasteiger partial charge in [-0.25, -0.2) is 23.5 Å². The normalized spacial score (nSPS) is 27.3. The molecule has 0 unspecified atom stereocenters. The molecule has 0 radical (unpaired) electrons. The summed E-state index contributed by atoms with van der Waals surface area (Å²) in [7, 11) is 0. The highest BCUT2D eigenvalue weighted by Gasteiger charge is 2.61. The van der Waals surface area contributed by atoms with Gasteiger partial charge in [-0.05, 0) is 30.2 Å². The van der Waals surface area contributed by atoms with Crippen molar-refractivity contribution < 1.29 is 38.4 Å². The number of aliphatic hydroxyl groups excluding tert-OH is 2. The lowest BCUT2D eigenvalue weighted by atomic mass is 9.78. The van der Waals surface area contributed by atoms with Gasteiger partial charge in [-0.1, -0.05) is 16.8 Å². The van der Waals surface area contributed by atoms with E-state index in [1.165, 1.54) is 9.36 Å². The summed E-state index contributed by atoms with van der Waals surface area (Å²) in [5.74, 6) is 1.20. The van der Waals surface area contributed by atoms with Crippen LogP contribution in [0.1, 0.15) is 23.8 Å². The van der Waals surface area contributed by atoms with Gasteiger partial charge in [0.25, 0.3) is 0 Å². The Balaban J connectivity index is 1.09. The Hall–Kier alpha value is -3.56. The highest BCUT2D eigenvalue weighted by molar-refractivity contribution is 6.31. The standard InChI is InChI=1S/C26H27ClN4O10/c27-17-7-19-18(38-12-39-19)6-13(17)8-29-25(34)30-4-3-16-20(23-24(41-23)22(33)21(16)31(30)26(29)35)28-40-10-14(32)9-36-11-15-2-1-5-37-15/h1-2,5-7,14,16,21-24,32-33H,3-4,8-12H2/b28-20-/t14-,16+,21+,22-,23+,24-/m0/s1. The molecule has 1 aromatic carbocycles. The minimum Gasteiger partial charge on any atom is -0.467 e. The summed E-state index contributed by atoms with van der Waals surface area (Å²) in [5, 5.41) is 25.9. The molecule has 5 heterocycles. The summed E-state index contributed by atoms with van der Waals surface area (Å²) in [6, 6.07) is 5.97. The van der Waals surface area contributed by atoms with Crippen LogP contribution in [-0.4, -0.2) is 74.3 Å². The second-order valence-corrected chi connectivity index (χ2v) is 10.8. The van der Waals surface area contributed by atoms with E-state index in [0.29, 0.717) is 40.0 Å². The van der Waals surface area contributed by atoms with Crippen LogP contribution in [0.3, 0.4) is 0 Å². The SMILES string of the molecule is O=c1n(Cc2cc3c(cc2Cl)OCO3)c(=O)n2n1CC[C@@H]1/C(=N/OC[C@@H](O)COCc3ccco3)[C@H]3O[C@H]3[C@@H](O)[C@@H]12. The number of rotatable bonds is 9. The lowest BCUT2D eigenvalue weighted by molar-refractivity contribution is -0.0264. The number of halogens is 1. The van der Waals surface area contributed by atoms with E-state index in [0.717, 1.165) is 4.57 Å². The number of epoxide rings is 1. The van der Waals surface area contributed by atoms with Crippen LogP contribution in [0.25, 0.3) is 0 Å². The minimum atomic E-state index is -1.03.